The van der Waals surface area contributed by atoms with E-state index >= 15 is 0 Å². The predicted octanol–water partition coefficient (Wildman–Crippen LogP) is 3.91. The number of thiocarbonyl (C=S) groups is 1. The second-order valence-corrected chi connectivity index (χ2v) is 9.97. The molecule has 6 atom stereocenters. The maximum absolute atomic E-state index is 13.3. The molecule has 8 heteroatoms. The third kappa shape index (κ3) is 6.90. The average Bonchev–Trinajstić information content (AvgIpc) is 2.85. The molecule has 0 saturated heterocycles. The van der Waals surface area contributed by atoms with Gasteiger partial charge in [0.15, 0.2) is 0 Å². The van der Waals surface area contributed by atoms with E-state index in [-0.39, 0.29) is 23.8 Å². The van der Waals surface area contributed by atoms with E-state index in [1.807, 2.05) is 45.0 Å². The third-order valence-corrected chi connectivity index (χ3v) is 7.51. The lowest BCUT2D eigenvalue weighted by atomic mass is 9.83. The Kier molecular flexibility index (Phi) is 10.4. The molecule has 4 N–H and O–H groups in total. The second-order valence-electron chi connectivity index (χ2n) is 9.56. The monoisotopic (exact) mass is 501 g/mol. The standard InChI is InChI=1S/C27H39N3O4S/c1-7-15(4)22-20(18-12-10-11-13-19(18)26(35)30-22)14-21(31)28-23(16(5)8-2)25(32)29-24(27(33)34)17(6)9-3/h10-17,22-24H,7-9H2,1-6H3,(H,28,31)(H,29,32)(H,30,35)(H,33,34)/b20-14+. The van der Waals surface area contributed by atoms with E-state index < -0.39 is 29.9 Å². The van der Waals surface area contributed by atoms with Crippen molar-refractivity contribution >= 4 is 40.6 Å². The molecule has 1 aromatic carbocycles. The summed E-state index contributed by atoms with van der Waals surface area (Å²) >= 11 is 5.58. The molecule has 1 heterocycles. The van der Waals surface area contributed by atoms with E-state index in [0.29, 0.717) is 17.8 Å². The highest BCUT2D eigenvalue weighted by Gasteiger charge is 2.33. The summed E-state index contributed by atoms with van der Waals surface area (Å²) in [6.07, 6.45) is 3.70. The zero-order chi connectivity index (χ0) is 26.3. The Morgan fingerprint density at radius 1 is 0.971 bits per heavy atom. The molecule has 0 saturated carbocycles. The number of hydrogen-bond donors (Lipinski definition) is 4. The fourth-order valence-corrected chi connectivity index (χ4v) is 4.52. The van der Waals surface area contributed by atoms with Gasteiger partial charge in [-0.2, -0.15) is 0 Å². The Morgan fingerprint density at radius 2 is 1.54 bits per heavy atom. The first kappa shape index (κ1) is 28.5. The van der Waals surface area contributed by atoms with Crippen LogP contribution in [-0.4, -0.2) is 46.0 Å². The molecule has 1 aliphatic rings. The largest absolute Gasteiger partial charge is 0.480 e. The first-order chi connectivity index (χ1) is 16.5. The van der Waals surface area contributed by atoms with Gasteiger partial charge in [-0.05, 0) is 28.9 Å². The lowest BCUT2D eigenvalue weighted by molar-refractivity contribution is -0.144. The third-order valence-electron chi connectivity index (χ3n) is 7.17. The summed E-state index contributed by atoms with van der Waals surface area (Å²) in [7, 11) is 0. The van der Waals surface area contributed by atoms with Crippen LogP contribution in [0.15, 0.2) is 30.3 Å². The van der Waals surface area contributed by atoms with Crippen molar-refractivity contribution in [2.45, 2.75) is 78.9 Å². The van der Waals surface area contributed by atoms with Gasteiger partial charge in [0.2, 0.25) is 11.8 Å². The van der Waals surface area contributed by atoms with E-state index in [1.54, 1.807) is 13.0 Å². The van der Waals surface area contributed by atoms with Gasteiger partial charge in [-0.1, -0.05) is 97.3 Å². The van der Waals surface area contributed by atoms with Crippen molar-refractivity contribution in [3.05, 3.63) is 41.5 Å². The number of amides is 2. The number of carboxylic acid groups (broad SMARTS) is 1. The van der Waals surface area contributed by atoms with Crippen molar-refractivity contribution in [3.8, 4) is 0 Å². The molecular formula is C27H39N3O4S. The van der Waals surface area contributed by atoms with Crippen molar-refractivity contribution in [1.82, 2.24) is 16.0 Å². The molecule has 35 heavy (non-hydrogen) atoms. The van der Waals surface area contributed by atoms with Crippen molar-refractivity contribution in [2.24, 2.45) is 17.8 Å². The van der Waals surface area contributed by atoms with Gasteiger partial charge >= 0.3 is 5.97 Å². The Labute approximate surface area is 214 Å². The minimum atomic E-state index is -1.08. The molecule has 0 aromatic heterocycles. The molecule has 192 valence electrons. The topological polar surface area (TPSA) is 108 Å². The number of rotatable bonds is 11. The molecule has 1 aliphatic heterocycles. The maximum Gasteiger partial charge on any atom is 0.326 e. The van der Waals surface area contributed by atoms with Crippen LogP contribution in [0.1, 0.15) is 71.9 Å². The summed E-state index contributed by atoms with van der Waals surface area (Å²) in [5.74, 6) is -2.16. The molecule has 0 fully saturated rings. The number of hydrogen-bond acceptors (Lipinski definition) is 4. The number of nitrogens with one attached hydrogen (secondary N) is 3. The normalized spacial score (nSPS) is 20.6. The van der Waals surface area contributed by atoms with Gasteiger partial charge in [-0.25, -0.2) is 4.79 Å². The predicted molar refractivity (Wildman–Crippen MR) is 143 cm³/mol. The van der Waals surface area contributed by atoms with Crippen molar-refractivity contribution < 1.29 is 19.5 Å². The zero-order valence-electron chi connectivity index (χ0n) is 21.6. The summed E-state index contributed by atoms with van der Waals surface area (Å²) in [4.78, 5) is 38.8. The minimum Gasteiger partial charge on any atom is -0.480 e. The molecule has 0 bridgehead atoms. The van der Waals surface area contributed by atoms with Crippen LogP contribution in [-0.2, 0) is 14.4 Å². The number of fused-ring (bicyclic) bond motifs is 1. The number of carbonyl (C=O) groups is 3. The lowest BCUT2D eigenvalue weighted by Gasteiger charge is -2.34. The molecular weight excluding hydrogens is 462 g/mol. The molecule has 0 radical (unpaired) electrons. The number of benzene rings is 1. The quantitative estimate of drug-likeness (QED) is 0.271. The molecule has 2 rings (SSSR count). The molecule has 6 unspecified atom stereocenters. The van der Waals surface area contributed by atoms with Crippen LogP contribution >= 0.6 is 12.2 Å². The van der Waals surface area contributed by atoms with Crippen LogP contribution in [0.4, 0.5) is 0 Å². The average molecular weight is 502 g/mol. The fraction of sp³-hybridized carbons (Fsp3) is 0.556. The van der Waals surface area contributed by atoms with Crippen LogP contribution in [0.2, 0.25) is 0 Å². The van der Waals surface area contributed by atoms with Crippen LogP contribution in [0.3, 0.4) is 0 Å². The summed E-state index contributed by atoms with van der Waals surface area (Å²) < 4.78 is 0. The second kappa shape index (κ2) is 12.8. The Balaban J connectivity index is 2.37. The molecule has 0 spiro atoms. The Morgan fingerprint density at radius 3 is 2.09 bits per heavy atom. The summed E-state index contributed by atoms with van der Waals surface area (Å²) in [6, 6.07) is 5.71. The van der Waals surface area contributed by atoms with Gasteiger partial charge in [0.1, 0.15) is 17.1 Å². The van der Waals surface area contributed by atoms with E-state index in [4.69, 9.17) is 12.2 Å². The van der Waals surface area contributed by atoms with E-state index in [0.717, 1.165) is 23.1 Å². The molecule has 1 aromatic rings. The van der Waals surface area contributed by atoms with E-state index in [2.05, 4.69) is 29.8 Å². The molecule has 0 aliphatic carbocycles. The maximum atomic E-state index is 13.3. The number of carboxylic acids is 1. The fourth-order valence-electron chi connectivity index (χ4n) is 4.21. The van der Waals surface area contributed by atoms with Crippen LogP contribution in [0.5, 0.6) is 0 Å². The highest BCUT2D eigenvalue weighted by atomic mass is 32.1. The van der Waals surface area contributed by atoms with Gasteiger partial charge in [-0.3, -0.25) is 9.59 Å². The van der Waals surface area contributed by atoms with Crippen LogP contribution < -0.4 is 16.0 Å². The highest BCUT2D eigenvalue weighted by Crippen LogP contribution is 2.32. The van der Waals surface area contributed by atoms with Crippen molar-refractivity contribution in [3.63, 3.8) is 0 Å². The van der Waals surface area contributed by atoms with Crippen molar-refractivity contribution in [2.75, 3.05) is 0 Å². The van der Waals surface area contributed by atoms with Gasteiger partial charge in [0.25, 0.3) is 0 Å². The Bertz CT molecular complexity index is 977. The van der Waals surface area contributed by atoms with E-state index in [9.17, 15) is 19.5 Å². The lowest BCUT2D eigenvalue weighted by Crippen LogP contribution is -2.55. The van der Waals surface area contributed by atoms with Gasteiger partial charge < -0.3 is 21.1 Å². The van der Waals surface area contributed by atoms with Gasteiger partial charge in [0.05, 0.1) is 6.04 Å². The van der Waals surface area contributed by atoms with Crippen molar-refractivity contribution in [1.29, 1.82) is 0 Å². The minimum absolute atomic E-state index is 0.134. The number of carbonyl (C=O) groups excluding carboxylic acids is 2. The summed E-state index contributed by atoms with van der Waals surface area (Å²) in [6.45, 7) is 11.7. The number of aliphatic carboxylic acids is 1. The first-order valence-corrected chi connectivity index (χ1v) is 12.9. The zero-order valence-corrected chi connectivity index (χ0v) is 22.4. The molecule has 2 amide bonds. The van der Waals surface area contributed by atoms with Crippen LogP contribution in [0.25, 0.3) is 5.57 Å². The molecule has 7 nitrogen and oxygen atoms in total. The van der Waals surface area contributed by atoms with Gasteiger partial charge in [-0.15, -0.1) is 0 Å². The highest BCUT2D eigenvalue weighted by molar-refractivity contribution is 7.80. The SMILES string of the molecule is CCC(C)C(NC(=O)C(NC(=O)/C=C1\c2ccccc2C(=S)NC1C(C)CC)C(C)CC)C(=O)O. The van der Waals surface area contributed by atoms with Crippen LogP contribution in [0, 0.1) is 17.8 Å². The van der Waals surface area contributed by atoms with E-state index in [1.165, 1.54) is 0 Å². The first-order valence-electron chi connectivity index (χ1n) is 12.5. The van der Waals surface area contributed by atoms with Gasteiger partial charge in [0, 0.05) is 11.6 Å². The Hall–Kier alpha value is -2.74. The summed E-state index contributed by atoms with van der Waals surface area (Å²) in [5, 5.41) is 18.5. The smallest absolute Gasteiger partial charge is 0.326 e. The summed E-state index contributed by atoms with van der Waals surface area (Å²) in [5.41, 5.74) is 2.60.